The molecule has 0 aromatic rings. The van der Waals surface area contributed by atoms with Crippen LogP contribution in [-0.4, -0.2) is 44.8 Å². The monoisotopic (exact) mass is 188 g/mol. The Kier molecular flexibility index (Phi) is 4.67. The van der Waals surface area contributed by atoms with Crippen LogP contribution in [0.2, 0.25) is 0 Å². The van der Waals surface area contributed by atoms with Crippen molar-refractivity contribution >= 4 is 0 Å². The van der Waals surface area contributed by atoms with Crippen LogP contribution in [0.15, 0.2) is 0 Å². The summed E-state index contributed by atoms with van der Waals surface area (Å²) >= 11 is 0. The Hall–Kier alpha value is -0.150. The topological polar surface area (TPSA) is 15.3 Å². The molecule has 1 N–H and O–H groups in total. The summed E-state index contributed by atoms with van der Waals surface area (Å²) in [6.07, 6.45) is 2.26. The van der Waals surface area contributed by atoms with Crippen LogP contribution in [0.1, 0.15) is 19.3 Å². The summed E-state index contributed by atoms with van der Waals surface area (Å²) in [4.78, 5) is 2.24. The number of rotatable bonds is 4. The maximum absolute atomic E-state index is 13.6. The zero-order valence-corrected chi connectivity index (χ0v) is 8.72. The molecule has 0 bridgehead atoms. The Balaban J connectivity index is 2.24. The Morgan fingerprint density at radius 3 is 3.00 bits per heavy atom. The number of nitrogens with one attached hydrogen (secondary N) is 1. The minimum Gasteiger partial charge on any atom is -0.320 e. The number of halogens is 1. The van der Waals surface area contributed by atoms with E-state index in [1.807, 2.05) is 7.05 Å². The molecule has 0 aromatic heterocycles. The third kappa shape index (κ3) is 3.61. The second-order valence-electron chi connectivity index (χ2n) is 4.07. The molecule has 78 valence electrons. The fraction of sp³-hybridized carbons (Fsp3) is 1.00. The Labute approximate surface area is 80.5 Å². The summed E-state index contributed by atoms with van der Waals surface area (Å²) in [6, 6.07) is 0. The summed E-state index contributed by atoms with van der Waals surface area (Å²) in [7, 11) is 3.96. The number of alkyl halides is 1. The molecule has 2 nitrogen and oxygen atoms in total. The molecule has 1 aliphatic heterocycles. The van der Waals surface area contributed by atoms with Crippen molar-refractivity contribution in [1.29, 1.82) is 0 Å². The SMILES string of the molecule is CNCCC(F)C1CCCN(C)C1. The summed E-state index contributed by atoms with van der Waals surface area (Å²) in [5.74, 6) is 0.270. The molecule has 2 atom stereocenters. The maximum Gasteiger partial charge on any atom is 0.105 e. The maximum atomic E-state index is 13.6. The van der Waals surface area contributed by atoms with Crippen molar-refractivity contribution in [2.24, 2.45) is 5.92 Å². The van der Waals surface area contributed by atoms with Crippen molar-refractivity contribution in [3.8, 4) is 0 Å². The molecule has 3 heteroatoms. The van der Waals surface area contributed by atoms with Crippen LogP contribution in [0.5, 0.6) is 0 Å². The van der Waals surface area contributed by atoms with Gasteiger partial charge in [-0.15, -0.1) is 0 Å². The molecular formula is C10H21FN2. The van der Waals surface area contributed by atoms with Gasteiger partial charge >= 0.3 is 0 Å². The number of piperidine rings is 1. The zero-order chi connectivity index (χ0) is 9.68. The van der Waals surface area contributed by atoms with Crippen LogP contribution < -0.4 is 5.32 Å². The molecule has 1 heterocycles. The van der Waals surface area contributed by atoms with Gasteiger partial charge in [-0.1, -0.05) is 0 Å². The summed E-state index contributed by atoms with van der Waals surface area (Å²) in [6.45, 7) is 2.86. The molecule has 2 unspecified atom stereocenters. The van der Waals surface area contributed by atoms with E-state index in [1.54, 1.807) is 0 Å². The first kappa shape index (κ1) is 10.9. The lowest BCUT2D eigenvalue weighted by Crippen LogP contribution is -2.37. The van der Waals surface area contributed by atoms with Gasteiger partial charge in [0.2, 0.25) is 0 Å². The first-order chi connectivity index (χ1) is 6.24. The highest BCUT2D eigenvalue weighted by atomic mass is 19.1. The van der Waals surface area contributed by atoms with E-state index in [0.717, 1.165) is 32.5 Å². The van der Waals surface area contributed by atoms with Gasteiger partial charge in [0.25, 0.3) is 0 Å². The van der Waals surface area contributed by atoms with Crippen molar-refractivity contribution in [2.75, 3.05) is 33.7 Å². The van der Waals surface area contributed by atoms with E-state index < -0.39 is 6.17 Å². The van der Waals surface area contributed by atoms with Gasteiger partial charge in [-0.05, 0) is 46.4 Å². The predicted octanol–water partition coefficient (Wildman–Crippen LogP) is 1.28. The summed E-state index contributed by atoms with van der Waals surface area (Å²) < 4.78 is 13.6. The fourth-order valence-electron chi connectivity index (χ4n) is 2.02. The predicted molar refractivity (Wildman–Crippen MR) is 53.7 cm³/mol. The second kappa shape index (κ2) is 5.55. The van der Waals surface area contributed by atoms with Crippen molar-refractivity contribution in [3.05, 3.63) is 0 Å². The van der Waals surface area contributed by atoms with E-state index in [4.69, 9.17) is 0 Å². The van der Waals surface area contributed by atoms with Crippen LogP contribution in [-0.2, 0) is 0 Å². The van der Waals surface area contributed by atoms with Gasteiger partial charge in [0, 0.05) is 12.5 Å². The molecular weight excluding hydrogens is 167 g/mol. The molecule has 13 heavy (non-hydrogen) atoms. The van der Waals surface area contributed by atoms with Gasteiger partial charge in [0.1, 0.15) is 6.17 Å². The van der Waals surface area contributed by atoms with Gasteiger partial charge in [-0.3, -0.25) is 0 Å². The summed E-state index contributed by atoms with van der Waals surface area (Å²) in [5.41, 5.74) is 0. The lowest BCUT2D eigenvalue weighted by atomic mass is 9.92. The van der Waals surface area contributed by atoms with Crippen molar-refractivity contribution in [2.45, 2.75) is 25.4 Å². The normalized spacial score (nSPS) is 27.5. The van der Waals surface area contributed by atoms with Crippen LogP contribution in [0.3, 0.4) is 0 Å². The second-order valence-corrected chi connectivity index (χ2v) is 4.07. The number of likely N-dealkylation sites (tertiary alicyclic amines) is 1. The van der Waals surface area contributed by atoms with E-state index in [2.05, 4.69) is 17.3 Å². The quantitative estimate of drug-likeness (QED) is 0.715. The standard InChI is InChI=1S/C10H21FN2/c1-12-6-5-10(11)9-4-3-7-13(2)8-9/h9-10,12H,3-8H2,1-2H3. The lowest BCUT2D eigenvalue weighted by molar-refractivity contribution is 0.120. The number of nitrogens with zero attached hydrogens (tertiary/aromatic N) is 1. The number of hydrogen-bond acceptors (Lipinski definition) is 2. The van der Waals surface area contributed by atoms with Crippen LogP contribution in [0, 0.1) is 5.92 Å². The summed E-state index contributed by atoms with van der Waals surface area (Å²) in [5, 5.41) is 3.00. The Morgan fingerprint density at radius 1 is 1.62 bits per heavy atom. The minimum absolute atomic E-state index is 0.270. The molecule has 0 radical (unpaired) electrons. The molecule has 1 aliphatic rings. The smallest absolute Gasteiger partial charge is 0.105 e. The van der Waals surface area contributed by atoms with Crippen molar-refractivity contribution in [1.82, 2.24) is 10.2 Å². The molecule has 0 aromatic carbocycles. The van der Waals surface area contributed by atoms with Gasteiger partial charge in [-0.2, -0.15) is 0 Å². The first-order valence-electron chi connectivity index (χ1n) is 5.21. The van der Waals surface area contributed by atoms with Gasteiger partial charge < -0.3 is 10.2 Å². The minimum atomic E-state index is -0.616. The van der Waals surface area contributed by atoms with Crippen LogP contribution in [0.25, 0.3) is 0 Å². The average molecular weight is 188 g/mol. The number of hydrogen-bond donors (Lipinski definition) is 1. The van der Waals surface area contributed by atoms with Crippen molar-refractivity contribution in [3.63, 3.8) is 0 Å². The molecule has 1 rings (SSSR count). The molecule has 1 saturated heterocycles. The molecule has 0 spiro atoms. The lowest BCUT2D eigenvalue weighted by Gasteiger charge is -2.31. The molecule has 1 fully saturated rings. The highest BCUT2D eigenvalue weighted by Gasteiger charge is 2.24. The van der Waals surface area contributed by atoms with E-state index in [1.165, 1.54) is 0 Å². The Bertz CT molecular complexity index is 141. The average Bonchev–Trinajstić information content (AvgIpc) is 2.14. The van der Waals surface area contributed by atoms with E-state index >= 15 is 0 Å². The highest BCUT2D eigenvalue weighted by Crippen LogP contribution is 2.22. The third-order valence-electron chi connectivity index (χ3n) is 2.84. The van der Waals surface area contributed by atoms with Gasteiger partial charge in [-0.25, -0.2) is 4.39 Å². The third-order valence-corrected chi connectivity index (χ3v) is 2.84. The largest absolute Gasteiger partial charge is 0.320 e. The van der Waals surface area contributed by atoms with Crippen LogP contribution in [0.4, 0.5) is 4.39 Å². The molecule has 0 amide bonds. The molecule has 0 aliphatic carbocycles. The van der Waals surface area contributed by atoms with Gasteiger partial charge in [0.15, 0.2) is 0 Å². The van der Waals surface area contributed by atoms with Gasteiger partial charge in [0.05, 0.1) is 0 Å². The fourth-order valence-corrected chi connectivity index (χ4v) is 2.02. The van der Waals surface area contributed by atoms with Crippen LogP contribution >= 0.6 is 0 Å². The van der Waals surface area contributed by atoms with Crippen molar-refractivity contribution < 1.29 is 4.39 Å². The Morgan fingerprint density at radius 2 is 2.38 bits per heavy atom. The van der Waals surface area contributed by atoms with E-state index in [-0.39, 0.29) is 5.92 Å². The van der Waals surface area contributed by atoms with E-state index in [9.17, 15) is 4.39 Å². The highest BCUT2D eigenvalue weighted by molar-refractivity contribution is 4.77. The first-order valence-corrected chi connectivity index (χ1v) is 5.21. The molecule has 0 saturated carbocycles. The zero-order valence-electron chi connectivity index (χ0n) is 8.72. The van der Waals surface area contributed by atoms with E-state index in [0.29, 0.717) is 6.42 Å².